The molecule has 0 aliphatic heterocycles. The summed E-state index contributed by atoms with van der Waals surface area (Å²) in [5, 5.41) is 3.00. The van der Waals surface area contributed by atoms with Crippen LogP contribution in [0.15, 0.2) is 18.2 Å². The van der Waals surface area contributed by atoms with Crippen molar-refractivity contribution in [2.24, 2.45) is 5.92 Å². The number of carbonyl (C=O) groups is 2. The molecule has 0 atom stereocenters. The van der Waals surface area contributed by atoms with E-state index in [2.05, 4.69) is 11.4 Å². The fourth-order valence-corrected chi connectivity index (χ4v) is 3.37. The van der Waals surface area contributed by atoms with Crippen molar-refractivity contribution >= 4 is 17.5 Å². The number of aryl methyl sites for hydroxylation is 2. The molecule has 0 aromatic heterocycles. The van der Waals surface area contributed by atoms with Crippen LogP contribution in [-0.2, 0) is 9.59 Å². The molecule has 0 spiro atoms. The first kappa shape index (κ1) is 17.5. The molecule has 0 unspecified atom stereocenters. The Hall–Kier alpha value is -1.84. The summed E-state index contributed by atoms with van der Waals surface area (Å²) in [7, 11) is 0. The molecule has 4 heteroatoms. The van der Waals surface area contributed by atoms with E-state index in [1.165, 1.54) is 6.42 Å². The van der Waals surface area contributed by atoms with Gasteiger partial charge in [-0.1, -0.05) is 25.3 Å². The van der Waals surface area contributed by atoms with Gasteiger partial charge in [0.05, 0.1) is 0 Å². The van der Waals surface area contributed by atoms with E-state index in [1.54, 1.807) is 11.8 Å². The zero-order valence-electron chi connectivity index (χ0n) is 14.5. The van der Waals surface area contributed by atoms with Crippen LogP contribution < -0.4 is 10.2 Å². The quantitative estimate of drug-likeness (QED) is 0.905. The second-order valence-corrected chi connectivity index (χ2v) is 6.64. The molecule has 1 aromatic carbocycles. The monoisotopic (exact) mass is 316 g/mol. The molecule has 2 rings (SSSR count). The third kappa shape index (κ3) is 5.08. The number of nitrogens with zero attached hydrogens (tertiary/aromatic N) is 1. The minimum absolute atomic E-state index is 0.00177. The number of benzene rings is 1. The van der Waals surface area contributed by atoms with Crippen LogP contribution in [0.5, 0.6) is 0 Å². The molecule has 0 saturated heterocycles. The minimum Gasteiger partial charge on any atom is -0.354 e. The van der Waals surface area contributed by atoms with Gasteiger partial charge >= 0.3 is 0 Å². The summed E-state index contributed by atoms with van der Waals surface area (Å²) in [6.07, 6.45) is 5.55. The Morgan fingerprint density at radius 2 is 1.70 bits per heavy atom. The number of nitrogens with one attached hydrogen (secondary N) is 1. The van der Waals surface area contributed by atoms with Gasteiger partial charge in [-0.25, -0.2) is 0 Å². The highest BCUT2D eigenvalue weighted by atomic mass is 16.2. The first-order valence-corrected chi connectivity index (χ1v) is 8.61. The maximum Gasteiger partial charge on any atom is 0.223 e. The van der Waals surface area contributed by atoms with Gasteiger partial charge in [0.2, 0.25) is 11.8 Å². The van der Waals surface area contributed by atoms with Gasteiger partial charge in [0.1, 0.15) is 0 Å². The van der Waals surface area contributed by atoms with Gasteiger partial charge in [0, 0.05) is 31.6 Å². The van der Waals surface area contributed by atoms with Gasteiger partial charge in [-0.2, -0.15) is 0 Å². The predicted molar refractivity (Wildman–Crippen MR) is 93.5 cm³/mol. The van der Waals surface area contributed by atoms with Gasteiger partial charge in [-0.3, -0.25) is 9.59 Å². The van der Waals surface area contributed by atoms with Crippen LogP contribution in [0.3, 0.4) is 0 Å². The maximum absolute atomic E-state index is 12.2. The maximum atomic E-state index is 12.2. The first-order chi connectivity index (χ1) is 11.0. The zero-order valence-corrected chi connectivity index (χ0v) is 14.5. The highest BCUT2D eigenvalue weighted by Crippen LogP contribution is 2.23. The summed E-state index contributed by atoms with van der Waals surface area (Å²) in [4.78, 5) is 25.9. The van der Waals surface area contributed by atoms with Crippen molar-refractivity contribution in [2.45, 2.75) is 52.9 Å². The van der Waals surface area contributed by atoms with Crippen molar-refractivity contribution in [3.05, 3.63) is 29.3 Å². The number of hydrogen-bond donors (Lipinski definition) is 1. The van der Waals surface area contributed by atoms with Crippen molar-refractivity contribution in [3.8, 4) is 0 Å². The Bertz CT molecular complexity index is 542. The summed E-state index contributed by atoms with van der Waals surface area (Å²) in [6, 6.07) is 6.11. The Labute approximate surface area is 139 Å². The highest BCUT2D eigenvalue weighted by Gasteiger charge is 2.21. The molecule has 23 heavy (non-hydrogen) atoms. The number of amides is 2. The summed E-state index contributed by atoms with van der Waals surface area (Å²) in [5.41, 5.74) is 3.18. The second kappa shape index (κ2) is 8.14. The van der Waals surface area contributed by atoms with E-state index in [-0.39, 0.29) is 17.7 Å². The van der Waals surface area contributed by atoms with Crippen LogP contribution in [0.25, 0.3) is 0 Å². The number of anilines is 1. The molecule has 0 heterocycles. The highest BCUT2D eigenvalue weighted by molar-refractivity contribution is 5.91. The lowest BCUT2D eigenvalue weighted by Crippen LogP contribution is -2.40. The molecule has 1 aromatic rings. The lowest BCUT2D eigenvalue weighted by atomic mass is 9.89. The Morgan fingerprint density at radius 1 is 1.09 bits per heavy atom. The normalized spacial score (nSPS) is 15.3. The van der Waals surface area contributed by atoms with E-state index in [9.17, 15) is 9.59 Å². The smallest absolute Gasteiger partial charge is 0.223 e. The van der Waals surface area contributed by atoms with Crippen LogP contribution in [-0.4, -0.2) is 24.9 Å². The summed E-state index contributed by atoms with van der Waals surface area (Å²) in [6.45, 7) is 6.64. The van der Waals surface area contributed by atoms with E-state index in [0.29, 0.717) is 13.1 Å². The fourth-order valence-electron chi connectivity index (χ4n) is 3.37. The zero-order chi connectivity index (χ0) is 16.8. The average molecular weight is 316 g/mol. The van der Waals surface area contributed by atoms with Crippen molar-refractivity contribution in [1.29, 1.82) is 0 Å². The van der Waals surface area contributed by atoms with E-state index >= 15 is 0 Å². The van der Waals surface area contributed by atoms with Crippen molar-refractivity contribution < 1.29 is 9.59 Å². The van der Waals surface area contributed by atoms with Gasteiger partial charge in [0.25, 0.3) is 0 Å². The van der Waals surface area contributed by atoms with Crippen molar-refractivity contribution in [3.63, 3.8) is 0 Å². The molecule has 1 fully saturated rings. The molecule has 0 bridgehead atoms. The average Bonchev–Trinajstić information content (AvgIpc) is 2.50. The molecule has 126 valence electrons. The Kier molecular flexibility index (Phi) is 6.20. The Balaban J connectivity index is 1.92. The topological polar surface area (TPSA) is 49.4 Å². The molecule has 1 N–H and O–H groups in total. The van der Waals surface area contributed by atoms with Gasteiger partial charge in [-0.15, -0.1) is 0 Å². The summed E-state index contributed by atoms with van der Waals surface area (Å²) < 4.78 is 0. The second-order valence-electron chi connectivity index (χ2n) is 6.64. The SMILES string of the molecule is CC(=O)N(CCNC(=O)C1CCCCC1)c1cc(C)cc(C)c1. The van der Waals surface area contributed by atoms with E-state index < -0.39 is 0 Å². The molecule has 2 amide bonds. The van der Waals surface area contributed by atoms with Crippen LogP contribution in [0.4, 0.5) is 5.69 Å². The van der Waals surface area contributed by atoms with Crippen molar-refractivity contribution in [1.82, 2.24) is 5.32 Å². The summed E-state index contributed by atoms with van der Waals surface area (Å²) in [5.74, 6) is 0.311. The fraction of sp³-hybridized carbons (Fsp3) is 0.579. The van der Waals surface area contributed by atoms with Crippen LogP contribution in [0.2, 0.25) is 0 Å². The van der Waals surface area contributed by atoms with Crippen LogP contribution in [0.1, 0.15) is 50.2 Å². The number of hydrogen-bond acceptors (Lipinski definition) is 2. The van der Waals surface area contributed by atoms with E-state index in [0.717, 1.165) is 42.5 Å². The molecule has 1 aliphatic rings. The van der Waals surface area contributed by atoms with Crippen molar-refractivity contribution in [2.75, 3.05) is 18.0 Å². The lowest BCUT2D eigenvalue weighted by Gasteiger charge is -2.24. The number of rotatable bonds is 5. The summed E-state index contributed by atoms with van der Waals surface area (Å²) >= 11 is 0. The number of carbonyl (C=O) groups excluding carboxylic acids is 2. The molecular formula is C19H28N2O2. The standard InChI is InChI=1S/C19H28N2O2/c1-14-11-15(2)13-18(12-14)21(16(3)22)10-9-20-19(23)17-7-5-4-6-8-17/h11-13,17H,4-10H2,1-3H3,(H,20,23). The Morgan fingerprint density at radius 3 is 2.26 bits per heavy atom. The first-order valence-electron chi connectivity index (χ1n) is 8.61. The van der Waals surface area contributed by atoms with Gasteiger partial charge in [0.15, 0.2) is 0 Å². The van der Waals surface area contributed by atoms with Crippen LogP contribution in [0, 0.1) is 19.8 Å². The van der Waals surface area contributed by atoms with Crippen LogP contribution >= 0.6 is 0 Å². The minimum atomic E-state index is 0.00177. The lowest BCUT2D eigenvalue weighted by molar-refractivity contribution is -0.126. The molecule has 1 aliphatic carbocycles. The van der Waals surface area contributed by atoms with E-state index in [4.69, 9.17) is 0 Å². The predicted octanol–water partition coefficient (Wildman–Crippen LogP) is 3.35. The molecule has 4 nitrogen and oxygen atoms in total. The molecular weight excluding hydrogens is 288 g/mol. The third-order valence-electron chi connectivity index (χ3n) is 4.51. The largest absolute Gasteiger partial charge is 0.354 e. The third-order valence-corrected chi connectivity index (χ3v) is 4.51. The molecule has 0 radical (unpaired) electrons. The van der Waals surface area contributed by atoms with E-state index in [1.807, 2.05) is 26.0 Å². The molecule has 1 saturated carbocycles. The van der Waals surface area contributed by atoms with Gasteiger partial charge in [-0.05, 0) is 49.9 Å². The van der Waals surface area contributed by atoms with Gasteiger partial charge < -0.3 is 10.2 Å².